The number of amides is 1. The van der Waals surface area contributed by atoms with Gasteiger partial charge in [0.1, 0.15) is 17.3 Å². The summed E-state index contributed by atoms with van der Waals surface area (Å²) in [6.45, 7) is 3.07. The minimum absolute atomic E-state index is 0.0824. The van der Waals surface area contributed by atoms with Crippen molar-refractivity contribution in [2.75, 3.05) is 57.9 Å². The highest BCUT2D eigenvalue weighted by atomic mass is 35.5. The molecular formula is C24H29Cl2N3O5S. The molecule has 2 aromatic rings. The van der Waals surface area contributed by atoms with Crippen molar-refractivity contribution < 1.29 is 22.7 Å². The van der Waals surface area contributed by atoms with E-state index in [1.807, 2.05) is 24.3 Å². The molecule has 11 heteroatoms. The van der Waals surface area contributed by atoms with Crippen LogP contribution in [-0.2, 0) is 19.6 Å². The number of halogens is 2. The number of piperazine rings is 1. The molecule has 2 fully saturated rings. The van der Waals surface area contributed by atoms with Crippen LogP contribution < -0.4 is 9.64 Å². The Hall–Kier alpha value is -2.04. The molecule has 1 atom stereocenters. The molecule has 1 amide bonds. The highest BCUT2D eigenvalue weighted by molar-refractivity contribution is 7.89. The lowest BCUT2D eigenvalue weighted by Crippen LogP contribution is -2.50. The lowest BCUT2D eigenvalue weighted by Gasteiger charge is -2.36. The molecule has 0 spiro atoms. The minimum Gasteiger partial charge on any atom is -0.497 e. The van der Waals surface area contributed by atoms with Crippen LogP contribution in [-0.4, -0.2) is 82.6 Å². The summed E-state index contributed by atoms with van der Waals surface area (Å²) in [5, 5.41) is 0.182. The molecule has 4 rings (SSSR count). The molecule has 0 aromatic heterocycles. The van der Waals surface area contributed by atoms with Crippen molar-refractivity contribution >= 4 is 44.8 Å². The van der Waals surface area contributed by atoms with Gasteiger partial charge in [-0.1, -0.05) is 29.3 Å². The summed E-state index contributed by atoms with van der Waals surface area (Å²) in [5.74, 6) is 0.712. The standard InChI is InChI=1S/C24H29Cl2N3O5S/c1-33-20-9-7-18(8-10-20)27-12-14-28(15-13-27)23(30)17-34-16-19-4-3-11-29(19)35(31,32)24-21(25)5-2-6-22(24)26/h2,5-10,19H,3-4,11-17H2,1H3. The molecule has 8 nitrogen and oxygen atoms in total. The molecule has 2 saturated heterocycles. The molecular weight excluding hydrogens is 513 g/mol. The second-order valence-corrected chi connectivity index (χ2v) is 11.2. The molecule has 0 bridgehead atoms. The maximum atomic E-state index is 13.2. The summed E-state index contributed by atoms with van der Waals surface area (Å²) in [5.41, 5.74) is 1.09. The van der Waals surface area contributed by atoms with Gasteiger partial charge in [0, 0.05) is 44.5 Å². The number of anilines is 1. The smallest absolute Gasteiger partial charge is 0.248 e. The Labute approximate surface area is 216 Å². The number of ether oxygens (including phenoxy) is 2. The SMILES string of the molecule is COc1ccc(N2CCN(C(=O)COCC3CCCN3S(=O)(=O)c3c(Cl)cccc3Cl)CC2)cc1. The maximum absolute atomic E-state index is 13.2. The summed E-state index contributed by atoms with van der Waals surface area (Å²) < 4.78 is 38.7. The number of carbonyl (C=O) groups excluding carboxylic acids is 1. The fourth-order valence-corrected chi connectivity index (χ4v) is 7.29. The summed E-state index contributed by atoms with van der Waals surface area (Å²) >= 11 is 12.3. The molecule has 190 valence electrons. The van der Waals surface area contributed by atoms with E-state index in [4.69, 9.17) is 32.7 Å². The van der Waals surface area contributed by atoms with Crippen molar-refractivity contribution in [2.24, 2.45) is 0 Å². The van der Waals surface area contributed by atoms with Crippen molar-refractivity contribution in [1.82, 2.24) is 9.21 Å². The number of rotatable bonds is 8. The largest absolute Gasteiger partial charge is 0.497 e. The first-order chi connectivity index (χ1) is 16.8. The molecule has 0 aliphatic carbocycles. The average Bonchev–Trinajstić information content (AvgIpc) is 3.33. The third-order valence-electron chi connectivity index (χ3n) is 6.41. The van der Waals surface area contributed by atoms with Gasteiger partial charge in [-0.15, -0.1) is 0 Å². The van der Waals surface area contributed by atoms with Crippen LogP contribution in [0.25, 0.3) is 0 Å². The fraction of sp³-hybridized carbons (Fsp3) is 0.458. The van der Waals surface area contributed by atoms with Crippen molar-refractivity contribution in [1.29, 1.82) is 0 Å². The Kier molecular flexibility index (Phi) is 8.44. The van der Waals surface area contributed by atoms with E-state index in [2.05, 4.69) is 4.90 Å². The van der Waals surface area contributed by atoms with Gasteiger partial charge in [0.2, 0.25) is 15.9 Å². The van der Waals surface area contributed by atoms with Crippen LogP contribution >= 0.6 is 23.2 Å². The number of nitrogens with zero attached hydrogens (tertiary/aromatic N) is 3. The van der Waals surface area contributed by atoms with Crippen molar-refractivity contribution in [3.05, 3.63) is 52.5 Å². The zero-order valence-electron chi connectivity index (χ0n) is 19.5. The lowest BCUT2D eigenvalue weighted by molar-refractivity contribution is -0.136. The average molecular weight is 542 g/mol. The Morgan fingerprint density at radius 3 is 2.29 bits per heavy atom. The molecule has 0 radical (unpaired) electrons. The van der Waals surface area contributed by atoms with Crippen molar-refractivity contribution in [3.8, 4) is 5.75 Å². The molecule has 2 heterocycles. The second kappa shape index (κ2) is 11.3. The number of hydrogen-bond donors (Lipinski definition) is 0. The first-order valence-corrected chi connectivity index (χ1v) is 13.7. The number of sulfonamides is 1. The van der Waals surface area contributed by atoms with Crippen LogP contribution in [0.1, 0.15) is 12.8 Å². The van der Waals surface area contributed by atoms with E-state index in [9.17, 15) is 13.2 Å². The van der Waals surface area contributed by atoms with E-state index in [-0.39, 0.29) is 40.1 Å². The van der Waals surface area contributed by atoms with Crippen LogP contribution in [0.2, 0.25) is 10.0 Å². The first kappa shape index (κ1) is 26.0. The first-order valence-electron chi connectivity index (χ1n) is 11.5. The summed E-state index contributed by atoms with van der Waals surface area (Å²) in [7, 11) is -2.24. The predicted octanol–water partition coefficient (Wildman–Crippen LogP) is 3.52. The van der Waals surface area contributed by atoms with E-state index in [0.29, 0.717) is 32.5 Å². The van der Waals surface area contributed by atoms with Gasteiger partial charge in [-0.3, -0.25) is 4.79 Å². The molecule has 2 aromatic carbocycles. The fourth-order valence-electron chi connectivity index (χ4n) is 4.52. The van der Waals surface area contributed by atoms with Crippen molar-refractivity contribution in [2.45, 2.75) is 23.8 Å². The van der Waals surface area contributed by atoms with Gasteiger partial charge in [-0.2, -0.15) is 4.31 Å². The van der Waals surface area contributed by atoms with E-state index in [0.717, 1.165) is 24.5 Å². The molecule has 2 aliphatic rings. The second-order valence-electron chi connectivity index (χ2n) is 8.54. The quantitative estimate of drug-likeness (QED) is 0.508. The zero-order valence-corrected chi connectivity index (χ0v) is 21.9. The Bertz CT molecular complexity index is 1120. The molecule has 2 aliphatic heterocycles. The molecule has 35 heavy (non-hydrogen) atoms. The van der Waals surface area contributed by atoms with Gasteiger partial charge >= 0.3 is 0 Å². The van der Waals surface area contributed by atoms with Crippen LogP contribution in [0.15, 0.2) is 47.4 Å². The highest BCUT2D eigenvalue weighted by Crippen LogP contribution is 2.34. The normalized spacial score (nSPS) is 19.2. The van der Waals surface area contributed by atoms with E-state index < -0.39 is 10.0 Å². The minimum atomic E-state index is -3.88. The summed E-state index contributed by atoms with van der Waals surface area (Å²) in [6.07, 6.45) is 1.35. The van der Waals surface area contributed by atoms with Crippen molar-refractivity contribution in [3.63, 3.8) is 0 Å². The van der Waals surface area contributed by atoms with Crippen LogP contribution in [0, 0.1) is 0 Å². The van der Waals surface area contributed by atoms with E-state index >= 15 is 0 Å². The number of hydrogen-bond acceptors (Lipinski definition) is 6. The van der Waals surface area contributed by atoms with Crippen LogP contribution in [0.5, 0.6) is 5.75 Å². The predicted molar refractivity (Wildman–Crippen MR) is 136 cm³/mol. The molecule has 0 saturated carbocycles. The van der Waals surface area contributed by atoms with Crippen LogP contribution in [0.3, 0.4) is 0 Å². The van der Waals surface area contributed by atoms with Crippen LogP contribution in [0.4, 0.5) is 5.69 Å². The van der Waals surface area contributed by atoms with E-state index in [1.165, 1.54) is 16.4 Å². The maximum Gasteiger partial charge on any atom is 0.248 e. The Morgan fingerprint density at radius 2 is 1.66 bits per heavy atom. The zero-order chi connectivity index (χ0) is 25.0. The monoisotopic (exact) mass is 541 g/mol. The number of carbonyl (C=O) groups is 1. The third kappa shape index (κ3) is 5.86. The summed E-state index contributed by atoms with van der Waals surface area (Å²) in [6, 6.07) is 12.1. The Balaban J connectivity index is 1.27. The number of methoxy groups -OCH3 is 1. The molecule has 0 N–H and O–H groups in total. The van der Waals surface area contributed by atoms with E-state index in [1.54, 1.807) is 18.1 Å². The van der Waals surface area contributed by atoms with Gasteiger partial charge in [-0.25, -0.2) is 8.42 Å². The number of benzene rings is 2. The molecule has 1 unspecified atom stereocenters. The Morgan fingerprint density at radius 1 is 1.00 bits per heavy atom. The summed E-state index contributed by atoms with van der Waals surface area (Å²) in [4.78, 5) is 16.6. The topological polar surface area (TPSA) is 79.4 Å². The van der Waals surface area contributed by atoms with Gasteiger partial charge < -0.3 is 19.3 Å². The lowest BCUT2D eigenvalue weighted by atomic mass is 10.2. The van der Waals surface area contributed by atoms with Gasteiger partial charge in [0.05, 0.1) is 23.8 Å². The van der Waals surface area contributed by atoms with Gasteiger partial charge in [0.15, 0.2) is 0 Å². The highest BCUT2D eigenvalue weighted by Gasteiger charge is 2.37. The van der Waals surface area contributed by atoms with Gasteiger partial charge in [0.25, 0.3) is 0 Å². The van der Waals surface area contributed by atoms with Gasteiger partial charge in [-0.05, 0) is 49.2 Å². The third-order valence-corrected chi connectivity index (χ3v) is 9.32.